The molecule has 3 aromatic carbocycles. The van der Waals surface area contributed by atoms with Crippen LogP contribution in [0.2, 0.25) is 0 Å². The third-order valence-electron chi connectivity index (χ3n) is 7.05. The van der Waals surface area contributed by atoms with E-state index >= 15 is 0 Å². The number of benzene rings is 3. The van der Waals surface area contributed by atoms with Crippen LogP contribution in [0.1, 0.15) is 43.5 Å². The van der Waals surface area contributed by atoms with Gasteiger partial charge in [-0.2, -0.15) is 0 Å². The molecule has 0 aliphatic carbocycles. The largest absolute Gasteiger partial charge is 0.493 e. The fraction of sp³-hybridized carbons (Fsp3) is 0.265. The van der Waals surface area contributed by atoms with Crippen molar-refractivity contribution in [3.63, 3.8) is 0 Å². The van der Waals surface area contributed by atoms with Gasteiger partial charge in [-0.15, -0.1) is 0 Å². The quantitative estimate of drug-likeness (QED) is 0.224. The van der Waals surface area contributed by atoms with Gasteiger partial charge < -0.3 is 23.7 Å². The van der Waals surface area contributed by atoms with E-state index in [0.717, 1.165) is 11.1 Å². The number of carbonyl (C=O) groups excluding carboxylic acids is 1. The Labute approximate surface area is 259 Å². The Hall–Kier alpha value is -4.83. The lowest BCUT2D eigenvalue weighted by Gasteiger charge is -2.26. The summed E-state index contributed by atoms with van der Waals surface area (Å²) in [4.78, 5) is 32.6. The van der Waals surface area contributed by atoms with Crippen molar-refractivity contribution in [2.45, 2.75) is 33.4 Å². The van der Waals surface area contributed by atoms with E-state index in [-0.39, 0.29) is 17.7 Å². The number of methoxy groups -OCH3 is 2. The standard InChI is InChI=1S/C34H34N2O7S/c1-6-41-31-24(14-11-15-26(31)39-4)30-29(33(38)42-7-2)21(3)35-34-36(30)32(37)28(44-34)19-23-16-17-25(27(18-23)40-5)43-20-22-12-9-8-10-13-22/h8-19,30H,6-7,20H2,1-5H3/b28-19+/t30-/m1/s1. The van der Waals surface area contributed by atoms with E-state index in [9.17, 15) is 9.59 Å². The first-order chi connectivity index (χ1) is 21.4. The molecule has 0 saturated carbocycles. The number of hydrogen-bond donors (Lipinski definition) is 0. The van der Waals surface area contributed by atoms with Gasteiger partial charge in [-0.3, -0.25) is 9.36 Å². The van der Waals surface area contributed by atoms with Gasteiger partial charge in [0, 0.05) is 5.56 Å². The van der Waals surface area contributed by atoms with Crippen molar-refractivity contribution in [3.8, 4) is 23.0 Å². The van der Waals surface area contributed by atoms with Gasteiger partial charge in [-0.25, -0.2) is 9.79 Å². The lowest BCUT2D eigenvalue weighted by Crippen LogP contribution is -2.40. The Balaban J connectivity index is 1.61. The zero-order chi connectivity index (χ0) is 31.2. The van der Waals surface area contributed by atoms with Crippen LogP contribution in [0.3, 0.4) is 0 Å². The molecule has 0 radical (unpaired) electrons. The lowest BCUT2D eigenvalue weighted by atomic mass is 9.94. The number of para-hydroxylation sites is 1. The summed E-state index contributed by atoms with van der Waals surface area (Å²) in [5, 5.41) is 0. The molecule has 4 aromatic rings. The summed E-state index contributed by atoms with van der Waals surface area (Å²) in [6, 6.07) is 19.9. The van der Waals surface area contributed by atoms with Crippen molar-refractivity contribution in [1.29, 1.82) is 0 Å². The van der Waals surface area contributed by atoms with Crippen molar-refractivity contribution >= 4 is 23.4 Å². The number of fused-ring (bicyclic) bond motifs is 1. The number of esters is 1. The summed E-state index contributed by atoms with van der Waals surface area (Å²) < 4.78 is 30.6. The van der Waals surface area contributed by atoms with Crippen LogP contribution in [0.25, 0.3) is 6.08 Å². The maximum Gasteiger partial charge on any atom is 0.338 e. The third kappa shape index (κ3) is 6.12. The molecule has 1 aliphatic rings. The normalized spacial score (nSPS) is 14.5. The molecule has 0 saturated heterocycles. The highest BCUT2D eigenvalue weighted by Gasteiger charge is 2.36. The monoisotopic (exact) mass is 614 g/mol. The summed E-state index contributed by atoms with van der Waals surface area (Å²) in [5.74, 6) is 1.52. The minimum Gasteiger partial charge on any atom is -0.493 e. The topological polar surface area (TPSA) is 97.6 Å². The van der Waals surface area contributed by atoms with Crippen LogP contribution in [0.5, 0.6) is 23.0 Å². The maximum absolute atomic E-state index is 14.1. The second kappa shape index (κ2) is 13.6. The van der Waals surface area contributed by atoms with E-state index in [1.165, 1.54) is 15.9 Å². The number of rotatable bonds is 11. The Bertz CT molecular complexity index is 1880. The third-order valence-corrected chi connectivity index (χ3v) is 8.04. The van der Waals surface area contributed by atoms with E-state index < -0.39 is 12.0 Å². The second-order valence-electron chi connectivity index (χ2n) is 9.80. The molecule has 5 rings (SSSR count). The van der Waals surface area contributed by atoms with Gasteiger partial charge in [-0.05, 0) is 56.2 Å². The molecule has 0 spiro atoms. The number of nitrogens with zero attached hydrogens (tertiary/aromatic N) is 2. The van der Waals surface area contributed by atoms with Gasteiger partial charge in [0.1, 0.15) is 12.6 Å². The van der Waals surface area contributed by atoms with Crippen molar-refractivity contribution < 1.29 is 28.5 Å². The molecule has 1 aromatic heterocycles. The Morgan fingerprint density at radius 3 is 2.41 bits per heavy atom. The molecular weight excluding hydrogens is 580 g/mol. The summed E-state index contributed by atoms with van der Waals surface area (Å²) in [5.41, 5.74) is 2.80. The molecule has 1 atom stereocenters. The van der Waals surface area contributed by atoms with E-state index in [4.69, 9.17) is 23.7 Å². The average molecular weight is 615 g/mol. The first-order valence-corrected chi connectivity index (χ1v) is 15.1. The van der Waals surface area contributed by atoms with E-state index in [2.05, 4.69) is 4.99 Å². The van der Waals surface area contributed by atoms with E-state index in [1.807, 2.05) is 61.5 Å². The van der Waals surface area contributed by atoms with Crippen molar-refractivity contribution in [3.05, 3.63) is 114 Å². The minimum absolute atomic E-state index is 0.177. The van der Waals surface area contributed by atoms with Crippen LogP contribution >= 0.6 is 11.3 Å². The number of aromatic nitrogens is 1. The van der Waals surface area contributed by atoms with E-state index in [1.54, 1.807) is 46.3 Å². The van der Waals surface area contributed by atoms with Gasteiger partial charge in [0.15, 0.2) is 27.8 Å². The molecule has 228 valence electrons. The van der Waals surface area contributed by atoms with Crippen LogP contribution in [0.15, 0.2) is 87.8 Å². The van der Waals surface area contributed by atoms with Crippen LogP contribution in [0, 0.1) is 0 Å². The molecule has 44 heavy (non-hydrogen) atoms. The number of thiazole rings is 1. The van der Waals surface area contributed by atoms with Crippen LogP contribution in [-0.4, -0.2) is 38.0 Å². The number of allylic oxidation sites excluding steroid dienone is 1. The second-order valence-corrected chi connectivity index (χ2v) is 10.8. The summed E-state index contributed by atoms with van der Waals surface area (Å²) in [6.45, 7) is 6.28. The predicted molar refractivity (Wildman–Crippen MR) is 168 cm³/mol. The first-order valence-electron chi connectivity index (χ1n) is 14.2. The van der Waals surface area contributed by atoms with Crippen molar-refractivity contribution in [2.75, 3.05) is 27.4 Å². The fourth-order valence-corrected chi connectivity index (χ4v) is 6.12. The molecule has 0 amide bonds. The molecule has 0 fully saturated rings. The van der Waals surface area contributed by atoms with Crippen molar-refractivity contribution in [1.82, 2.24) is 4.57 Å². The Morgan fingerprint density at radius 2 is 1.70 bits per heavy atom. The SMILES string of the molecule is CCOC(=O)C1=C(C)N=c2s/c(=C/c3ccc(OCc4ccccc4)c(OC)c3)c(=O)n2[C@@H]1c1cccc(OC)c1OCC. The molecule has 0 bridgehead atoms. The van der Waals surface area contributed by atoms with Crippen LogP contribution in [0.4, 0.5) is 0 Å². The predicted octanol–water partition coefficient (Wildman–Crippen LogP) is 4.79. The Morgan fingerprint density at radius 1 is 0.932 bits per heavy atom. The fourth-order valence-electron chi connectivity index (χ4n) is 5.07. The maximum atomic E-state index is 14.1. The lowest BCUT2D eigenvalue weighted by molar-refractivity contribution is -0.139. The van der Waals surface area contributed by atoms with Crippen molar-refractivity contribution in [2.24, 2.45) is 4.99 Å². The van der Waals surface area contributed by atoms with Crippen LogP contribution in [-0.2, 0) is 16.1 Å². The highest BCUT2D eigenvalue weighted by atomic mass is 32.1. The molecule has 0 unspecified atom stereocenters. The number of carbonyl (C=O) groups is 1. The molecule has 10 heteroatoms. The van der Waals surface area contributed by atoms with Crippen LogP contribution < -0.4 is 33.8 Å². The van der Waals surface area contributed by atoms with Gasteiger partial charge >= 0.3 is 5.97 Å². The highest BCUT2D eigenvalue weighted by Crippen LogP contribution is 2.40. The highest BCUT2D eigenvalue weighted by molar-refractivity contribution is 7.07. The molecule has 9 nitrogen and oxygen atoms in total. The summed E-state index contributed by atoms with van der Waals surface area (Å²) >= 11 is 1.24. The molecule has 2 heterocycles. The van der Waals surface area contributed by atoms with Gasteiger partial charge in [0.05, 0.1) is 43.2 Å². The smallest absolute Gasteiger partial charge is 0.338 e. The molecule has 0 N–H and O–H groups in total. The first kappa shape index (κ1) is 30.6. The molecule has 1 aliphatic heterocycles. The zero-order valence-corrected chi connectivity index (χ0v) is 26.1. The Kier molecular flexibility index (Phi) is 9.50. The summed E-state index contributed by atoms with van der Waals surface area (Å²) in [7, 11) is 3.12. The van der Waals surface area contributed by atoms with E-state index in [0.29, 0.717) is 56.8 Å². The van der Waals surface area contributed by atoms with Gasteiger partial charge in [0.2, 0.25) is 0 Å². The number of ether oxygens (including phenoxy) is 5. The number of hydrogen-bond acceptors (Lipinski definition) is 9. The summed E-state index contributed by atoms with van der Waals surface area (Å²) in [6.07, 6.45) is 1.78. The molecular formula is C34H34N2O7S. The van der Waals surface area contributed by atoms with Gasteiger partial charge in [-0.1, -0.05) is 59.9 Å². The minimum atomic E-state index is -0.840. The average Bonchev–Trinajstić information content (AvgIpc) is 3.34. The van der Waals surface area contributed by atoms with Gasteiger partial charge in [0.25, 0.3) is 5.56 Å². The zero-order valence-electron chi connectivity index (χ0n) is 25.3.